The highest BCUT2D eigenvalue weighted by Crippen LogP contribution is 2.29. The Balaban J connectivity index is 1.37. The molecule has 1 atom stereocenters. The summed E-state index contributed by atoms with van der Waals surface area (Å²) in [6.07, 6.45) is -3.44. The van der Waals surface area contributed by atoms with E-state index in [1.165, 1.54) is 11.6 Å². The molecule has 1 N–H and O–H groups in total. The van der Waals surface area contributed by atoms with Crippen LogP contribution in [0.4, 0.5) is 19.0 Å². The van der Waals surface area contributed by atoms with E-state index in [1.807, 2.05) is 23.1 Å². The summed E-state index contributed by atoms with van der Waals surface area (Å²) in [4.78, 5) is 17.2. The number of rotatable bonds is 8. The summed E-state index contributed by atoms with van der Waals surface area (Å²) in [7, 11) is 0. The number of nitrogens with zero attached hydrogens (tertiary/aromatic N) is 6. The molecule has 11 heteroatoms. The van der Waals surface area contributed by atoms with Crippen molar-refractivity contribution in [3.05, 3.63) is 53.9 Å². The summed E-state index contributed by atoms with van der Waals surface area (Å²) in [5, 5.41) is 14.0. The second kappa shape index (κ2) is 10.6. The summed E-state index contributed by atoms with van der Waals surface area (Å²) < 4.78 is 40.2. The zero-order valence-electron chi connectivity index (χ0n) is 19.9. The fourth-order valence-corrected chi connectivity index (χ4v) is 4.63. The minimum Gasteiger partial charge on any atom is -0.355 e. The number of amides is 1. The third kappa shape index (κ3) is 5.55. The fourth-order valence-electron chi connectivity index (χ4n) is 4.63. The molecule has 0 spiro atoms. The molecule has 0 saturated carbocycles. The number of nitrogens with one attached hydrogen (secondary N) is 1. The van der Waals surface area contributed by atoms with Gasteiger partial charge in [0.05, 0.1) is 6.04 Å². The lowest BCUT2D eigenvalue weighted by Gasteiger charge is -2.33. The summed E-state index contributed by atoms with van der Waals surface area (Å²) in [6, 6.07) is 13.4. The normalized spacial score (nSPS) is 16.1. The van der Waals surface area contributed by atoms with Gasteiger partial charge in [-0.2, -0.15) is 17.7 Å². The van der Waals surface area contributed by atoms with Crippen LogP contribution in [0.15, 0.2) is 42.5 Å². The molecule has 1 saturated heterocycles. The predicted molar refractivity (Wildman–Crippen MR) is 126 cm³/mol. The largest absolute Gasteiger partial charge is 0.453 e. The van der Waals surface area contributed by atoms with E-state index < -0.39 is 12.0 Å². The van der Waals surface area contributed by atoms with Gasteiger partial charge in [-0.3, -0.25) is 9.69 Å². The van der Waals surface area contributed by atoms with Gasteiger partial charge in [0.15, 0.2) is 5.65 Å². The molecule has 188 valence electrons. The maximum absolute atomic E-state index is 13.2. The van der Waals surface area contributed by atoms with Gasteiger partial charge in [-0.25, -0.2) is 0 Å². The second-order valence-electron chi connectivity index (χ2n) is 8.64. The van der Waals surface area contributed by atoms with Crippen molar-refractivity contribution in [2.24, 2.45) is 5.92 Å². The lowest BCUT2D eigenvalue weighted by atomic mass is 9.95. The second-order valence-corrected chi connectivity index (χ2v) is 8.64. The molecule has 1 aromatic carbocycles. The number of likely N-dealkylation sites (N-methyl/N-ethyl adjacent to an activating group) is 1. The van der Waals surface area contributed by atoms with Crippen LogP contribution in [0.1, 0.15) is 44.1 Å². The Labute approximate surface area is 202 Å². The Morgan fingerprint density at radius 3 is 2.40 bits per heavy atom. The summed E-state index contributed by atoms with van der Waals surface area (Å²) in [6.45, 7) is 7.56. The Bertz CT molecular complexity index is 1120. The molecule has 8 nitrogen and oxygen atoms in total. The number of alkyl halides is 3. The first-order chi connectivity index (χ1) is 16.8. The molecule has 1 unspecified atom stereocenters. The molecule has 1 aliphatic heterocycles. The van der Waals surface area contributed by atoms with E-state index in [1.54, 1.807) is 6.07 Å². The molecule has 1 amide bonds. The highest BCUT2D eigenvalue weighted by molar-refractivity contribution is 5.79. The minimum absolute atomic E-state index is 0.0133. The number of halogens is 3. The molecule has 0 aliphatic carbocycles. The maximum atomic E-state index is 13.2. The molecule has 3 heterocycles. The molecular weight excluding hydrogens is 459 g/mol. The van der Waals surface area contributed by atoms with Gasteiger partial charge in [-0.15, -0.1) is 15.3 Å². The van der Waals surface area contributed by atoms with Crippen molar-refractivity contribution in [1.29, 1.82) is 0 Å². The van der Waals surface area contributed by atoms with Gasteiger partial charge in [0.2, 0.25) is 5.91 Å². The first kappa shape index (κ1) is 24.9. The smallest absolute Gasteiger partial charge is 0.355 e. The SMILES string of the molecule is CCN(CC)C(CNC(=O)C1CCN(c2ccc3nnc(C(F)(F)F)n3n2)CC1)c1ccccc1. The van der Waals surface area contributed by atoms with Crippen molar-refractivity contribution in [3.63, 3.8) is 0 Å². The zero-order valence-corrected chi connectivity index (χ0v) is 19.9. The highest BCUT2D eigenvalue weighted by Gasteiger charge is 2.38. The van der Waals surface area contributed by atoms with Crippen LogP contribution in [0.2, 0.25) is 0 Å². The van der Waals surface area contributed by atoms with E-state index in [2.05, 4.69) is 51.5 Å². The molecule has 2 aromatic heterocycles. The van der Waals surface area contributed by atoms with Crippen LogP contribution < -0.4 is 10.2 Å². The standard InChI is InChI=1S/C24H30F3N7O/c1-3-32(4-2)19(17-8-6-5-7-9-17)16-28-22(35)18-12-14-33(15-13-18)21-11-10-20-29-30-23(24(25,26)27)34(20)31-21/h5-11,18-19H,3-4,12-16H2,1-2H3,(H,28,35). The molecule has 0 radical (unpaired) electrons. The van der Waals surface area contributed by atoms with E-state index >= 15 is 0 Å². The van der Waals surface area contributed by atoms with E-state index in [0.29, 0.717) is 38.3 Å². The maximum Gasteiger partial charge on any atom is 0.453 e. The number of piperidine rings is 1. The number of benzene rings is 1. The Morgan fingerprint density at radius 1 is 1.09 bits per heavy atom. The van der Waals surface area contributed by atoms with Gasteiger partial charge in [-0.1, -0.05) is 44.2 Å². The average Bonchev–Trinajstić information content (AvgIpc) is 3.31. The molecule has 3 aromatic rings. The number of aromatic nitrogens is 4. The molecule has 4 rings (SSSR count). The lowest BCUT2D eigenvalue weighted by molar-refractivity contribution is -0.146. The van der Waals surface area contributed by atoms with E-state index in [0.717, 1.165) is 17.6 Å². The van der Waals surface area contributed by atoms with Gasteiger partial charge < -0.3 is 10.2 Å². The fraction of sp³-hybridized carbons (Fsp3) is 0.500. The summed E-state index contributed by atoms with van der Waals surface area (Å²) in [5.41, 5.74) is 1.21. The van der Waals surface area contributed by atoms with Crippen LogP contribution in [-0.4, -0.2) is 63.3 Å². The Morgan fingerprint density at radius 2 is 1.77 bits per heavy atom. The number of anilines is 1. The molecular formula is C24H30F3N7O. The molecule has 1 fully saturated rings. The third-order valence-corrected chi connectivity index (χ3v) is 6.60. The number of carbonyl (C=O) groups is 1. The first-order valence-corrected chi connectivity index (χ1v) is 11.9. The quantitative estimate of drug-likeness (QED) is 0.521. The molecule has 35 heavy (non-hydrogen) atoms. The van der Waals surface area contributed by atoms with Gasteiger partial charge in [-0.05, 0) is 43.6 Å². The van der Waals surface area contributed by atoms with E-state index in [-0.39, 0.29) is 23.5 Å². The topological polar surface area (TPSA) is 78.7 Å². The Hall–Kier alpha value is -3.21. The summed E-state index contributed by atoms with van der Waals surface area (Å²) in [5.74, 6) is -0.875. The van der Waals surface area contributed by atoms with Crippen molar-refractivity contribution in [1.82, 2.24) is 30.0 Å². The van der Waals surface area contributed by atoms with Gasteiger partial charge in [0.1, 0.15) is 5.82 Å². The number of hydrogen-bond acceptors (Lipinski definition) is 6. The number of fused-ring (bicyclic) bond motifs is 1. The molecule has 0 bridgehead atoms. The van der Waals surface area contributed by atoms with E-state index in [4.69, 9.17) is 0 Å². The predicted octanol–water partition coefficient (Wildman–Crippen LogP) is 3.56. The monoisotopic (exact) mass is 489 g/mol. The number of carbonyl (C=O) groups excluding carboxylic acids is 1. The van der Waals surface area contributed by atoms with Crippen LogP contribution >= 0.6 is 0 Å². The minimum atomic E-state index is -4.64. The van der Waals surface area contributed by atoms with Crippen LogP contribution in [0.25, 0.3) is 5.65 Å². The summed E-state index contributed by atoms with van der Waals surface area (Å²) >= 11 is 0. The average molecular weight is 490 g/mol. The molecule has 1 aliphatic rings. The van der Waals surface area contributed by atoms with Crippen LogP contribution in [0.5, 0.6) is 0 Å². The van der Waals surface area contributed by atoms with Crippen LogP contribution in [0.3, 0.4) is 0 Å². The van der Waals surface area contributed by atoms with Crippen molar-refractivity contribution in [2.75, 3.05) is 37.6 Å². The van der Waals surface area contributed by atoms with Gasteiger partial charge >= 0.3 is 6.18 Å². The van der Waals surface area contributed by atoms with Crippen molar-refractivity contribution < 1.29 is 18.0 Å². The highest BCUT2D eigenvalue weighted by atomic mass is 19.4. The lowest BCUT2D eigenvalue weighted by Crippen LogP contribution is -2.44. The van der Waals surface area contributed by atoms with Crippen molar-refractivity contribution in [2.45, 2.75) is 38.9 Å². The van der Waals surface area contributed by atoms with E-state index in [9.17, 15) is 18.0 Å². The van der Waals surface area contributed by atoms with Crippen LogP contribution in [-0.2, 0) is 11.0 Å². The third-order valence-electron chi connectivity index (χ3n) is 6.60. The van der Waals surface area contributed by atoms with Crippen LogP contribution in [0, 0.1) is 5.92 Å². The van der Waals surface area contributed by atoms with Gasteiger partial charge in [0, 0.05) is 25.6 Å². The van der Waals surface area contributed by atoms with Gasteiger partial charge in [0.25, 0.3) is 5.82 Å². The Kier molecular flexibility index (Phi) is 7.54. The zero-order chi connectivity index (χ0) is 25.0. The van der Waals surface area contributed by atoms with Crippen molar-refractivity contribution >= 4 is 17.4 Å². The van der Waals surface area contributed by atoms with Crippen molar-refractivity contribution in [3.8, 4) is 0 Å². The first-order valence-electron chi connectivity index (χ1n) is 11.9. The number of hydrogen-bond donors (Lipinski definition) is 1.